The largest absolute Gasteiger partial charge is 0.326 e. The van der Waals surface area contributed by atoms with E-state index in [9.17, 15) is 23.3 Å². The van der Waals surface area contributed by atoms with Crippen LogP contribution in [0.2, 0.25) is 5.02 Å². The third-order valence-electron chi connectivity index (χ3n) is 4.08. The summed E-state index contributed by atoms with van der Waals surface area (Å²) in [5.74, 6) is -0.459. The smallest absolute Gasteiger partial charge is 0.273 e. The van der Waals surface area contributed by atoms with Gasteiger partial charge in [-0.3, -0.25) is 19.6 Å². The van der Waals surface area contributed by atoms with Crippen molar-refractivity contribution >= 4 is 44.6 Å². The van der Waals surface area contributed by atoms with E-state index in [1.807, 2.05) is 0 Å². The second-order valence-corrected chi connectivity index (χ2v) is 8.37. The summed E-state index contributed by atoms with van der Waals surface area (Å²) in [7, 11) is -3.82. The quantitative estimate of drug-likeness (QED) is 0.416. The number of carbonyl (C=O) groups excluding carboxylic acids is 1. The molecule has 0 saturated heterocycles. The van der Waals surface area contributed by atoms with Crippen LogP contribution in [-0.2, 0) is 21.2 Å². The monoisotopic (exact) mass is 445 g/mol. The standard InChI is InChI=1S/C20H16ClN3O5S/c21-15-5-7-17(8-6-15)23-30(28,29)18-11-9-16(10-12-18)22-20(25)13-14-3-1-2-4-19(14)24(26)27/h1-12,23H,13H2,(H,22,25). The first-order chi connectivity index (χ1) is 14.2. The van der Waals surface area contributed by atoms with Gasteiger partial charge in [-0.2, -0.15) is 0 Å². The summed E-state index contributed by atoms with van der Waals surface area (Å²) in [4.78, 5) is 22.7. The number of halogens is 1. The van der Waals surface area contributed by atoms with E-state index in [-0.39, 0.29) is 22.6 Å². The Morgan fingerprint density at radius 3 is 2.17 bits per heavy atom. The Morgan fingerprint density at radius 1 is 0.933 bits per heavy atom. The van der Waals surface area contributed by atoms with Gasteiger partial charge in [-0.05, 0) is 48.5 Å². The second kappa shape index (κ2) is 8.93. The molecule has 0 fully saturated rings. The van der Waals surface area contributed by atoms with Crippen molar-refractivity contribution in [3.63, 3.8) is 0 Å². The van der Waals surface area contributed by atoms with Crippen molar-refractivity contribution < 1.29 is 18.1 Å². The van der Waals surface area contributed by atoms with Crippen molar-refractivity contribution in [1.29, 1.82) is 0 Å². The van der Waals surface area contributed by atoms with Crippen LogP contribution in [0.15, 0.2) is 77.7 Å². The predicted molar refractivity (Wildman–Crippen MR) is 114 cm³/mol. The van der Waals surface area contributed by atoms with Crippen molar-refractivity contribution in [3.05, 3.63) is 93.5 Å². The van der Waals surface area contributed by atoms with Gasteiger partial charge in [0, 0.05) is 28.0 Å². The number of rotatable bonds is 7. The number of amides is 1. The number of nitrogens with zero attached hydrogens (tertiary/aromatic N) is 1. The highest BCUT2D eigenvalue weighted by atomic mass is 35.5. The van der Waals surface area contributed by atoms with Crippen molar-refractivity contribution in [2.24, 2.45) is 0 Å². The number of nitro benzene ring substituents is 1. The van der Waals surface area contributed by atoms with E-state index < -0.39 is 20.9 Å². The fraction of sp³-hybridized carbons (Fsp3) is 0.0500. The van der Waals surface area contributed by atoms with Gasteiger partial charge < -0.3 is 5.32 Å². The Labute approximate surface area is 177 Å². The molecule has 10 heteroatoms. The van der Waals surface area contributed by atoms with Crippen molar-refractivity contribution in [3.8, 4) is 0 Å². The van der Waals surface area contributed by atoms with E-state index in [0.717, 1.165) is 0 Å². The summed E-state index contributed by atoms with van der Waals surface area (Å²) >= 11 is 5.79. The zero-order valence-electron chi connectivity index (χ0n) is 15.4. The van der Waals surface area contributed by atoms with Crippen molar-refractivity contribution in [2.45, 2.75) is 11.3 Å². The molecule has 0 bridgehead atoms. The average molecular weight is 446 g/mol. The molecule has 8 nitrogen and oxygen atoms in total. The Kier molecular flexibility index (Phi) is 6.34. The Balaban J connectivity index is 1.67. The third-order valence-corrected chi connectivity index (χ3v) is 5.73. The highest BCUT2D eigenvalue weighted by Crippen LogP contribution is 2.21. The van der Waals surface area contributed by atoms with Gasteiger partial charge in [-0.25, -0.2) is 8.42 Å². The highest BCUT2D eigenvalue weighted by Gasteiger charge is 2.17. The first-order valence-electron chi connectivity index (χ1n) is 8.65. The van der Waals surface area contributed by atoms with Crippen LogP contribution < -0.4 is 10.0 Å². The maximum atomic E-state index is 12.5. The second-order valence-electron chi connectivity index (χ2n) is 6.25. The number of nitro groups is 1. The molecule has 0 atom stereocenters. The molecule has 3 rings (SSSR count). The lowest BCUT2D eigenvalue weighted by Crippen LogP contribution is -2.16. The predicted octanol–water partition coefficient (Wildman–Crippen LogP) is 4.23. The van der Waals surface area contributed by atoms with Crippen LogP contribution >= 0.6 is 11.6 Å². The third kappa shape index (κ3) is 5.34. The minimum atomic E-state index is -3.82. The number of hydrogen-bond donors (Lipinski definition) is 2. The minimum Gasteiger partial charge on any atom is -0.326 e. The summed E-state index contributed by atoms with van der Waals surface area (Å²) in [5.41, 5.74) is 0.874. The lowest BCUT2D eigenvalue weighted by Gasteiger charge is -2.10. The van der Waals surface area contributed by atoms with Crippen molar-refractivity contribution in [1.82, 2.24) is 0 Å². The zero-order chi connectivity index (χ0) is 21.7. The summed E-state index contributed by atoms with van der Waals surface area (Å²) in [6, 6.07) is 17.8. The molecule has 0 heterocycles. The molecular formula is C20H16ClN3O5S. The van der Waals surface area contributed by atoms with Gasteiger partial charge in [-0.1, -0.05) is 29.8 Å². The summed E-state index contributed by atoms with van der Waals surface area (Å²) in [6.45, 7) is 0. The number of para-hydroxylation sites is 1. The van der Waals surface area contributed by atoms with Gasteiger partial charge in [-0.15, -0.1) is 0 Å². The normalized spacial score (nSPS) is 11.0. The maximum Gasteiger partial charge on any atom is 0.273 e. The summed E-state index contributed by atoms with van der Waals surface area (Å²) in [6.07, 6.45) is -0.185. The Morgan fingerprint density at radius 2 is 1.53 bits per heavy atom. The van der Waals surface area contributed by atoms with Crippen LogP contribution in [0.3, 0.4) is 0 Å². The SMILES string of the molecule is O=C(Cc1ccccc1[N+](=O)[O-])Nc1ccc(S(=O)(=O)Nc2ccc(Cl)cc2)cc1. The number of sulfonamides is 1. The lowest BCUT2D eigenvalue weighted by atomic mass is 10.1. The molecule has 30 heavy (non-hydrogen) atoms. The van der Waals surface area contributed by atoms with Gasteiger partial charge in [0.1, 0.15) is 0 Å². The van der Waals surface area contributed by atoms with Crippen LogP contribution in [0, 0.1) is 10.1 Å². The molecular weight excluding hydrogens is 430 g/mol. The fourth-order valence-corrected chi connectivity index (χ4v) is 3.85. The van der Waals surface area contributed by atoms with E-state index in [1.54, 1.807) is 18.2 Å². The van der Waals surface area contributed by atoms with E-state index in [1.165, 1.54) is 54.6 Å². The van der Waals surface area contributed by atoms with Gasteiger partial charge in [0.2, 0.25) is 5.91 Å². The van der Waals surface area contributed by atoms with Crippen LogP contribution in [0.5, 0.6) is 0 Å². The van der Waals surface area contributed by atoms with E-state index in [0.29, 0.717) is 16.4 Å². The minimum absolute atomic E-state index is 0.00847. The van der Waals surface area contributed by atoms with Crippen LogP contribution in [0.25, 0.3) is 0 Å². The Hall–Kier alpha value is -3.43. The molecule has 0 aliphatic rings. The van der Waals surface area contributed by atoms with Gasteiger partial charge in [0.05, 0.1) is 16.2 Å². The molecule has 0 aliphatic carbocycles. The van der Waals surface area contributed by atoms with Crippen LogP contribution in [0.1, 0.15) is 5.56 Å². The van der Waals surface area contributed by atoms with Gasteiger partial charge in [0.25, 0.3) is 15.7 Å². The Bertz CT molecular complexity index is 1180. The molecule has 154 valence electrons. The zero-order valence-corrected chi connectivity index (χ0v) is 17.0. The van der Waals surface area contributed by atoms with Crippen LogP contribution in [-0.4, -0.2) is 19.2 Å². The summed E-state index contributed by atoms with van der Waals surface area (Å²) < 4.78 is 27.4. The summed E-state index contributed by atoms with van der Waals surface area (Å²) in [5, 5.41) is 14.1. The van der Waals surface area contributed by atoms with Gasteiger partial charge in [0.15, 0.2) is 0 Å². The molecule has 0 aliphatic heterocycles. The molecule has 0 unspecified atom stereocenters. The average Bonchev–Trinajstić information content (AvgIpc) is 2.70. The number of anilines is 2. The molecule has 0 saturated carbocycles. The fourth-order valence-electron chi connectivity index (χ4n) is 2.67. The maximum absolute atomic E-state index is 12.5. The number of benzene rings is 3. The van der Waals surface area contributed by atoms with E-state index in [2.05, 4.69) is 10.0 Å². The molecule has 0 radical (unpaired) electrons. The van der Waals surface area contributed by atoms with Gasteiger partial charge >= 0.3 is 0 Å². The first-order valence-corrected chi connectivity index (χ1v) is 10.5. The topological polar surface area (TPSA) is 118 Å². The number of hydrogen-bond acceptors (Lipinski definition) is 5. The molecule has 1 amide bonds. The number of carbonyl (C=O) groups is 1. The molecule has 3 aromatic carbocycles. The lowest BCUT2D eigenvalue weighted by molar-refractivity contribution is -0.385. The van der Waals surface area contributed by atoms with Crippen LogP contribution in [0.4, 0.5) is 17.1 Å². The first kappa shape index (κ1) is 21.3. The van der Waals surface area contributed by atoms with Crippen molar-refractivity contribution in [2.75, 3.05) is 10.0 Å². The van der Waals surface area contributed by atoms with E-state index in [4.69, 9.17) is 11.6 Å². The van der Waals surface area contributed by atoms with E-state index >= 15 is 0 Å². The molecule has 0 aromatic heterocycles. The number of nitrogens with one attached hydrogen (secondary N) is 2. The molecule has 2 N–H and O–H groups in total. The molecule has 3 aromatic rings. The molecule has 0 spiro atoms. The highest BCUT2D eigenvalue weighted by molar-refractivity contribution is 7.92.